The van der Waals surface area contributed by atoms with Gasteiger partial charge in [-0.25, -0.2) is 4.39 Å². The summed E-state index contributed by atoms with van der Waals surface area (Å²) in [6, 6.07) is 4.70. The van der Waals surface area contributed by atoms with Crippen molar-refractivity contribution < 1.29 is 13.9 Å². The van der Waals surface area contributed by atoms with Crippen molar-refractivity contribution >= 4 is 17.6 Å². The predicted octanol–water partition coefficient (Wildman–Crippen LogP) is 3.22. The Kier molecular flexibility index (Phi) is 11.3. The summed E-state index contributed by atoms with van der Waals surface area (Å²) in [6.07, 6.45) is 3.10. The molecule has 0 spiro atoms. The molecule has 6 nitrogen and oxygen atoms in total. The Morgan fingerprint density at radius 3 is 2.72 bits per heavy atom. The first-order valence-corrected chi connectivity index (χ1v) is 10.8. The molecule has 8 heteroatoms. The van der Waals surface area contributed by atoms with Crippen molar-refractivity contribution in [3.8, 4) is 0 Å². The van der Waals surface area contributed by atoms with E-state index < -0.39 is 0 Å². The Morgan fingerprint density at radius 2 is 2.03 bits per heavy atom. The Bertz CT molecular complexity index is 606. The highest BCUT2D eigenvalue weighted by Gasteiger charge is 2.27. The zero-order valence-corrected chi connectivity index (χ0v) is 18.3. The van der Waals surface area contributed by atoms with Gasteiger partial charge in [0.25, 0.3) is 0 Å². The van der Waals surface area contributed by atoms with Crippen molar-refractivity contribution in [1.29, 1.82) is 0 Å². The summed E-state index contributed by atoms with van der Waals surface area (Å²) in [6.45, 7) is 7.72. The van der Waals surface area contributed by atoms with Gasteiger partial charge in [-0.05, 0) is 51.4 Å². The minimum absolute atomic E-state index is 0.168. The van der Waals surface area contributed by atoms with E-state index in [2.05, 4.69) is 15.5 Å². The second kappa shape index (κ2) is 13.7. The molecule has 0 bridgehead atoms. The third kappa shape index (κ3) is 8.09. The molecule has 0 aliphatic carbocycles. The van der Waals surface area contributed by atoms with Crippen LogP contribution in [0.1, 0.15) is 37.8 Å². The number of guanidine groups is 1. The van der Waals surface area contributed by atoms with E-state index in [0.29, 0.717) is 37.0 Å². The van der Waals surface area contributed by atoms with Gasteiger partial charge in [0, 0.05) is 37.4 Å². The van der Waals surface area contributed by atoms with Crippen molar-refractivity contribution in [2.24, 2.45) is 4.99 Å². The van der Waals surface area contributed by atoms with E-state index in [9.17, 15) is 4.39 Å². The number of nitrogens with zero attached hydrogens (tertiary/aromatic N) is 2. The highest BCUT2D eigenvalue weighted by molar-refractivity contribution is 6.31. The summed E-state index contributed by atoms with van der Waals surface area (Å²) in [5, 5.41) is 7.04. The highest BCUT2D eigenvalue weighted by atomic mass is 35.5. The lowest BCUT2D eigenvalue weighted by molar-refractivity contribution is 0.0698. The predicted molar refractivity (Wildman–Crippen MR) is 116 cm³/mol. The lowest BCUT2D eigenvalue weighted by Crippen LogP contribution is -2.39. The number of hydrogen-bond donors (Lipinski definition) is 2. The SMILES string of the molecule is CCNC(=NCC(c1c(F)cccc1Cl)N1CCCC1)NCCCOCCOC. The van der Waals surface area contributed by atoms with Crippen LogP contribution in [0.3, 0.4) is 0 Å². The molecule has 1 saturated heterocycles. The molecule has 2 rings (SSSR count). The van der Waals surface area contributed by atoms with E-state index in [1.165, 1.54) is 6.07 Å². The van der Waals surface area contributed by atoms with Crippen LogP contribution in [0, 0.1) is 5.82 Å². The van der Waals surface area contributed by atoms with Gasteiger partial charge in [0.15, 0.2) is 5.96 Å². The van der Waals surface area contributed by atoms with Gasteiger partial charge < -0.3 is 20.1 Å². The molecule has 0 radical (unpaired) electrons. The molecule has 1 fully saturated rings. The fourth-order valence-electron chi connectivity index (χ4n) is 3.42. The molecular weight excluding hydrogens is 395 g/mol. The number of rotatable bonds is 12. The average molecular weight is 429 g/mol. The maximum Gasteiger partial charge on any atom is 0.191 e. The van der Waals surface area contributed by atoms with Crippen LogP contribution in [-0.2, 0) is 9.47 Å². The van der Waals surface area contributed by atoms with Crippen LogP contribution in [0.2, 0.25) is 5.02 Å². The van der Waals surface area contributed by atoms with Gasteiger partial charge in [-0.3, -0.25) is 9.89 Å². The zero-order chi connectivity index (χ0) is 20.9. The molecule has 1 atom stereocenters. The molecule has 0 saturated carbocycles. The third-order valence-corrected chi connectivity index (χ3v) is 5.20. The lowest BCUT2D eigenvalue weighted by atomic mass is 10.0. The molecule has 1 aromatic carbocycles. The molecule has 1 unspecified atom stereocenters. The van der Waals surface area contributed by atoms with Crippen molar-refractivity contribution in [3.05, 3.63) is 34.6 Å². The smallest absolute Gasteiger partial charge is 0.191 e. The minimum Gasteiger partial charge on any atom is -0.382 e. The molecule has 2 N–H and O–H groups in total. The number of ether oxygens (including phenoxy) is 2. The van der Waals surface area contributed by atoms with Crippen molar-refractivity contribution in [2.45, 2.75) is 32.2 Å². The van der Waals surface area contributed by atoms with Crippen LogP contribution in [0.4, 0.5) is 4.39 Å². The van der Waals surface area contributed by atoms with Gasteiger partial charge >= 0.3 is 0 Å². The second-order valence-corrected chi connectivity index (χ2v) is 7.41. The van der Waals surface area contributed by atoms with Gasteiger partial charge in [-0.1, -0.05) is 17.7 Å². The van der Waals surface area contributed by atoms with Gasteiger partial charge in [-0.2, -0.15) is 0 Å². The van der Waals surface area contributed by atoms with E-state index in [1.807, 2.05) is 6.92 Å². The Morgan fingerprint density at radius 1 is 1.24 bits per heavy atom. The minimum atomic E-state index is -0.268. The number of methoxy groups -OCH3 is 1. The maximum atomic E-state index is 14.6. The standard InChI is InChI=1S/C21H34ClFN4O2/c1-3-24-21(25-10-7-13-29-15-14-28-2)26-16-19(27-11-4-5-12-27)20-17(22)8-6-9-18(20)23/h6,8-9,19H,3-5,7,10-16H2,1-2H3,(H2,24,25,26). The summed E-state index contributed by atoms with van der Waals surface area (Å²) < 4.78 is 25.0. The number of nitrogens with one attached hydrogen (secondary N) is 2. The molecule has 1 heterocycles. The highest BCUT2D eigenvalue weighted by Crippen LogP contribution is 2.32. The molecule has 164 valence electrons. The zero-order valence-electron chi connectivity index (χ0n) is 17.6. The van der Waals surface area contributed by atoms with Gasteiger partial charge in [0.2, 0.25) is 0 Å². The van der Waals surface area contributed by atoms with Crippen LogP contribution < -0.4 is 10.6 Å². The van der Waals surface area contributed by atoms with E-state index in [1.54, 1.807) is 19.2 Å². The number of aliphatic imine (C=N–C) groups is 1. The van der Waals surface area contributed by atoms with Crippen molar-refractivity contribution in [2.75, 3.05) is 59.7 Å². The Hall–Kier alpha value is -1.41. The van der Waals surface area contributed by atoms with Crippen LogP contribution >= 0.6 is 11.6 Å². The van der Waals surface area contributed by atoms with E-state index >= 15 is 0 Å². The van der Waals surface area contributed by atoms with Gasteiger partial charge in [-0.15, -0.1) is 0 Å². The number of halogens is 2. The summed E-state index contributed by atoms with van der Waals surface area (Å²) in [7, 11) is 1.66. The average Bonchev–Trinajstić information content (AvgIpc) is 3.23. The molecule has 29 heavy (non-hydrogen) atoms. The first-order chi connectivity index (χ1) is 14.2. The number of benzene rings is 1. The first kappa shape index (κ1) is 23.9. The van der Waals surface area contributed by atoms with E-state index in [4.69, 9.17) is 26.1 Å². The van der Waals surface area contributed by atoms with Crippen LogP contribution in [0.15, 0.2) is 23.2 Å². The third-order valence-electron chi connectivity index (χ3n) is 4.87. The molecule has 0 amide bonds. The fourth-order valence-corrected chi connectivity index (χ4v) is 3.71. The fraction of sp³-hybridized carbons (Fsp3) is 0.667. The van der Waals surface area contributed by atoms with Crippen molar-refractivity contribution in [3.63, 3.8) is 0 Å². The van der Waals surface area contributed by atoms with Crippen LogP contribution in [0.25, 0.3) is 0 Å². The summed E-state index contributed by atoms with van der Waals surface area (Å²) in [5.74, 6) is 0.455. The first-order valence-electron chi connectivity index (χ1n) is 10.4. The topological polar surface area (TPSA) is 58.1 Å². The molecule has 1 aliphatic heterocycles. The van der Waals surface area contributed by atoms with Crippen LogP contribution in [0.5, 0.6) is 0 Å². The monoisotopic (exact) mass is 428 g/mol. The Balaban J connectivity index is 1.98. The molecular formula is C21H34ClFN4O2. The number of likely N-dealkylation sites (tertiary alicyclic amines) is 1. The number of hydrogen-bond acceptors (Lipinski definition) is 4. The quantitative estimate of drug-likeness (QED) is 0.304. The largest absolute Gasteiger partial charge is 0.382 e. The van der Waals surface area contributed by atoms with Crippen LogP contribution in [-0.4, -0.2) is 70.5 Å². The Labute approximate surface area is 178 Å². The van der Waals surface area contributed by atoms with Crippen molar-refractivity contribution in [1.82, 2.24) is 15.5 Å². The molecule has 1 aromatic rings. The second-order valence-electron chi connectivity index (χ2n) is 7.00. The molecule has 0 aromatic heterocycles. The maximum absolute atomic E-state index is 14.6. The molecule has 1 aliphatic rings. The normalized spacial score (nSPS) is 16.2. The van der Waals surface area contributed by atoms with Gasteiger partial charge in [0.1, 0.15) is 5.82 Å². The van der Waals surface area contributed by atoms with E-state index in [0.717, 1.165) is 51.4 Å². The summed E-state index contributed by atoms with van der Waals surface area (Å²) >= 11 is 6.36. The van der Waals surface area contributed by atoms with E-state index in [-0.39, 0.29) is 11.9 Å². The lowest BCUT2D eigenvalue weighted by Gasteiger charge is -2.28. The summed E-state index contributed by atoms with van der Waals surface area (Å²) in [4.78, 5) is 7.01. The van der Waals surface area contributed by atoms with Gasteiger partial charge in [0.05, 0.1) is 25.8 Å². The summed E-state index contributed by atoms with van der Waals surface area (Å²) in [5.41, 5.74) is 0.544.